The van der Waals surface area contributed by atoms with Gasteiger partial charge in [0.25, 0.3) is 11.6 Å². The van der Waals surface area contributed by atoms with E-state index in [0.29, 0.717) is 18.2 Å². The Morgan fingerprint density at radius 2 is 1.16 bits per heavy atom. The normalized spacial score (nSPS) is 11.4. The molecule has 2 rings (SSSR count). The average molecular weight is 464 g/mol. The van der Waals surface area contributed by atoms with Crippen molar-refractivity contribution in [3.05, 3.63) is 58.1 Å². The number of nitro groups is 1. The summed E-state index contributed by atoms with van der Waals surface area (Å²) in [4.78, 5) is 44.6. The fourth-order valence-corrected chi connectivity index (χ4v) is 2.18. The summed E-state index contributed by atoms with van der Waals surface area (Å²) < 4.78 is 74.9. The van der Waals surface area contributed by atoms with Crippen LogP contribution in [0, 0.1) is 10.1 Å². The number of benzene rings is 2. The lowest BCUT2D eigenvalue weighted by molar-refractivity contribution is -0.384. The first-order valence-corrected chi connectivity index (χ1v) is 8.14. The fourth-order valence-electron chi connectivity index (χ4n) is 2.18. The molecule has 0 radical (unpaired) electrons. The van der Waals surface area contributed by atoms with Gasteiger partial charge < -0.3 is 16.0 Å². The number of hydrogen-bond donors (Lipinski definition) is 3. The van der Waals surface area contributed by atoms with Crippen molar-refractivity contribution in [1.29, 1.82) is 0 Å². The number of hydrogen-bond acceptors (Lipinski definition) is 5. The lowest BCUT2D eigenvalue weighted by Gasteiger charge is -2.14. The van der Waals surface area contributed by atoms with Gasteiger partial charge in [0, 0.05) is 34.8 Å². The van der Waals surface area contributed by atoms with Gasteiger partial charge in [-0.1, -0.05) is 0 Å². The smallest absolute Gasteiger partial charge is 0.322 e. The first kappa shape index (κ1) is 24.1. The zero-order valence-electron chi connectivity index (χ0n) is 15.3. The Balaban J connectivity index is 2.35. The molecule has 0 saturated heterocycles. The van der Waals surface area contributed by atoms with Crippen LogP contribution in [0.2, 0.25) is 0 Å². The molecule has 2 aromatic rings. The molecule has 0 unspecified atom stereocenters. The number of non-ortho nitro benzene ring substituents is 1. The highest BCUT2D eigenvalue weighted by molar-refractivity contribution is 6.07. The van der Waals surface area contributed by atoms with Gasteiger partial charge in [-0.2, -0.15) is 26.3 Å². The van der Waals surface area contributed by atoms with Crippen LogP contribution in [0.15, 0.2) is 42.5 Å². The number of nitrogens with one attached hydrogen (secondary N) is 3. The molecule has 0 aliphatic rings. The minimum Gasteiger partial charge on any atom is -0.322 e. The number of alkyl halides is 6. The van der Waals surface area contributed by atoms with Crippen LogP contribution in [0.4, 0.5) is 49.1 Å². The number of carbonyl (C=O) groups excluding carboxylic acids is 3. The first-order chi connectivity index (χ1) is 14.7. The Morgan fingerprint density at radius 1 is 0.719 bits per heavy atom. The van der Waals surface area contributed by atoms with Crippen molar-refractivity contribution in [2.45, 2.75) is 12.4 Å². The molecule has 170 valence electrons. The SMILES string of the molecule is O=C(Nc1ccc([N+](=O)[O-])cc1)c1cc(NC(=O)C(F)(F)F)cc(NC(=O)C(F)(F)F)c1. The van der Waals surface area contributed by atoms with E-state index < -0.39 is 51.9 Å². The van der Waals surface area contributed by atoms with Crippen molar-refractivity contribution in [1.82, 2.24) is 0 Å². The van der Waals surface area contributed by atoms with E-state index in [1.165, 1.54) is 10.6 Å². The van der Waals surface area contributed by atoms with Crippen molar-refractivity contribution in [3.63, 3.8) is 0 Å². The van der Waals surface area contributed by atoms with Gasteiger partial charge in [0.1, 0.15) is 0 Å². The van der Waals surface area contributed by atoms with Crippen LogP contribution in [0.5, 0.6) is 0 Å². The predicted octanol–water partition coefficient (Wildman–Crippen LogP) is 3.85. The zero-order valence-corrected chi connectivity index (χ0v) is 15.3. The van der Waals surface area contributed by atoms with Crippen LogP contribution in [-0.4, -0.2) is 35.0 Å². The Labute approximate surface area is 173 Å². The highest BCUT2D eigenvalue weighted by Crippen LogP contribution is 2.25. The van der Waals surface area contributed by atoms with Crippen LogP contribution in [0.1, 0.15) is 10.4 Å². The van der Waals surface area contributed by atoms with Crippen molar-refractivity contribution in [2.24, 2.45) is 0 Å². The molecule has 3 amide bonds. The van der Waals surface area contributed by atoms with E-state index in [9.17, 15) is 50.8 Å². The van der Waals surface area contributed by atoms with Crippen LogP contribution in [-0.2, 0) is 9.59 Å². The molecule has 32 heavy (non-hydrogen) atoms. The third kappa shape index (κ3) is 6.41. The molecule has 0 fully saturated rings. The maximum absolute atomic E-state index is 12.5. The quantitative estimate of drug-likeness (QED) is 0.352. The van der Waals surface area contributed by atoms with E-state index in [4.69, 9.17) is 0 Å². The maximum Gasteiger partial charge on any atom is 0.471 e. The van der Waals surface area contributed by atoms with E-state index in [1.54, 1.807) is 0 Å². The van der Waals surface area contributed by atoms with E-state index in [-0.39, 0.29) is 11.4 Å². The van der Waals surface area contributed by atoms with Gasteiger partial charge in [0.2, 0.25) is 0 Å². The van der Waals surface area contributed by atoms with Gasteiger partial charge in [-0.15, -0.1) is 0 Å². The molecule has 9 nitrogen and oxygen atoms in total. The molecule has 0 aliphatic carbocycles. The average Bonchev–Trinajstić information content (AvgIpc) is 2.66. The molecule has 0 bridgehead atoms. The van der Waals surface area contributed by atoms with Gasteiger partial charge >= 0.3 is 24.2 Å². The molecule has 15 heteroatoms. The monoisotopic (exact) mass is 464 g/mol. The second-order valence-corrected chi connectivity index (χ2v) is 5.96. The van der Waals surface area contributed by atoms with Crippen molar-refractivity contribution < 1.29 is 45.6 Å². The number of amides is 3. The number of carbonyl (C=O) groups is 3. The lowest BCUT2D eigenvalue weighted by Crippen LogP contribution is -2.31. The minimum absolute atomic E-state index is 0.00575. The molecular formula is C17H10F6N4O5. The van der Waals surface area contributed by atoms with Gasteiger partial charge in [0.15, 0.2) is 0 Å². The summed E-state index contributed by atoms with van der Waals surface area (Å²) >= 11 is 0. The second kappa shape index (κ2) is 8.91. The van der Waals surface area contributed by atoms with Gasteiger partial charge in [-0.25, -0.2) is 0 Å². The summed E-state index contributed by atoms with van der Waals surface area (Å²) in [5.41, 5.74) is -2.31. The molecule has 2 aromatic carbocycles. The first-order valence-electron chi connectivity index (χ1n) is 8.14. The Bertz CT molecular complexity index is 1020. The molecule has 0 aliphatic heterocycles. The minimum atomic E-state index is -5.34. The number of rotatable bonds is 5. The molecule has 0 heterocycles. The summed E-state index contributed by atoms with van der Waals surface area (Å²) in [6, 6.07) is 6.32. The van der Waals surface area contributed by atoms with Crippen LogP contribution >= 0.6 is 0 Å². The third-order valence-corrected chi connectivity index (χ3v) is 3.56. The summed E-state index contributed by atoms with van der Waals surface area (Å²) in [6.07, 6.45) is -10.7. The summed E-state index contributed by atoms with van der Waals surface area (Å²) in [6.45, 7) is 0. The Hall–Kier alpha value is -4.17. The zero-order chi connectivity index (χ0) is 24.3. The van der Waals surface area contributed by atoms with Gasteiger partial charge in [0.05, 0.1) is 4.92 Å². The van der Waals surface area contributed by atoms with Gasteiger partial charge in [-0.05, 0) is 30.3 Å². The highest BCUT2D eigenvalue weighted by atomic mass is 19.4. The van der Waals surface area contributed by atoms with Crippen molar-refractivity contribution >= 4 is 40.5 Å². The molecule has 0 saturated carbocycles. The standard InChI is InChI=1S/C17H10F6N4O5/c18-16(19,20)14(29)25-10-5-8(6-11(7-10)26-15(30)17(21,22)23)13(28)24-9-1-3-12(4-2-9)27(31)32/h1-7H,(H,24,28)(H,25,29)(H,26,30). The van der Waals surface area contributed by atoms with E-state index in [0.717, 1.165) is 24.3 Å². The fraction of sp³-hybridized carbons (Fsp3) is 0.118. The number of anilines is 3. The molecule has 0 aromatic heterocycles. The van der Waals surface area contributed by atoms with Crippen LogP contribution in [0.25, 0.3) is 0 Å². The predicted molar refractivity (Wildman–Crippen MR) is 96.9 cm³/mol. The van der Waals surface area contributed by atoms with Crippen molar-refractivity contribution in [3.8, 4) is 0 Å². The number of nitro benzene ring substituents is 1. The molecule has 0 atom stereocenters. The largest absolute Gasteiger partial charge is 0.471 e. The third-order valence-electron chi connectivity index (χ3n) is 3.56. The van der Waals surface area contributed by atoms with E-state index in [1.807, 2.05) is 0 Å². The van der Waals surface area contributed by atoms with Crippen LogP contribution < -0.4 is 16.0 Å². The second-order valence-electron chi connectivity index (χ2n) is 5.96. The maximum atomic E-state index is 12.5. The van der Waals surface area contributed by atoms with E-state index >= 15 is 0 Å². The Kier molecular flexibility index (Phi) is 6.71. The molecule has 3 N–H and O–H groups in total. The van der Waals surface area contributed by atoms with E-state index in [2.05, 4.69) is 5.32 Å². The summed E-state index contributed by atoms with van der Waals surface area (Å²) in [5.74, 6) is -6.01. The molecule has 0 spiro atoms. The van der Waals surface area contributed by atoms with Crippen LogP contribution in [0.3, 0.4) is 0 Å². The topological polar surface area (TPSA) is 130 Å². The number of nitrogens with zero attached hydrogens (tertiary/aromatic N) is 1. The summed E-state index contributed by atoms with van der Waals surface area (Å²) in [7, 11) is 0. The molecular weight excluding hydrogens is 454 g/mol. The van der Waals surface area contributed by atoms with Crippen molar-refractivity contribution in [2.75, 3.05) is 16.0 Å². The lowest BCUT2D eigenvalue weighted by atomic mass is 10.1. The number of halogens is 6. The summed E-state index contributed by atoms with van der Waals surface area (Å²) in [5, 5.41) is 15.6. The highest BCUT2D eigenvalue weighted by Gasteiger charge is 2.40. The Morgan fingerprint density at radius 3 is 1.53 bits per heavy atom. The van der Waals surface area contributed by atoms with Gasteiger partial charge in [-0.3, -0.25) is 24.5 Å².